The highest BCUT2D eigenvalue weighted by molar-refractivity contribution is 6.07. The van der Waals surface area contributed by atoms with Gasteiger partial charge in [-0.15, -0.1) is 0 Å². The van der Waals surface area contributed by atoms with E-state index >= 15 is 0 Å². The first-order valence-corrected chi connectivity index (χ1v) is 5.58. The highest BCUT2D eigenvalue weighted by Gasteiger charge is 2.17. The zero-order valence-electron chi connectivity index (χ0n) is 10.1. The molecule has 1 amide bonds. The van der Waals surface area contributed by atoms with Crippen molar-refractivity contribution < 1.29 is 23.5 Å². The summed E-state index contributed by atoms with van der Waals surface area (Å²) in [5.41, 5.74) is -0.651. The van der Waals surface area contributed by atoms with Gasteiger partial charge in [-0.3, -0.25) is 4.79 Å². The van der Waals surface area contributed by atoms with Crippen molar-refractivity contribution in [3.63, 3.8) is 0 Å². The highest BCUT2D eigenvalue weighted by Crippen LogP contribution is 2.19. The number of hydrogen-bond acceptors (Lipinski definition) is 2. The van der Waals surface area contributed by atoms with Crippen LogP contribution in [0.4, 0.5) is 14.5 Å². The second-order valence-corrected chi connectivity index (χ2v) is 3.93. The molecule has 4 nitrogen and oxygen atoms in total. The van der Waals surface area contributed by atoms with Gasteiger partial charge >= 0.3 is 5.97 Å². The summed E-state index contributed by atoms with van der Waals surface area (Å²) >= 11 is 0. The number of aromatic carboxylic acids is 1. The molecule has 0 saturated carbocycles. The van der Waals surface area contributed by atoms with Crippen molar-refractivity contribution in [1.82, 2.24) is 0 Å². The molecule has 0 spiro atoms. The van der Waals surface area contributed by atoms with Gasteiger partial charge in [-0.1, -0.05) is 6.07 Å². The van der Waals surface area contributed by atoms with Crippen molar-refractivity contribution in [2.75, 3.05) is 5.32 Å². The molecule has 2 aromatic rings. The maximum atomic E-state index is 13.4. The number of benzene rings is 2. The number of hydrogen-bond donors (Lipinski definition) is 2. The average Bonchev–Trinajstić information content (AvgIpc) is 2.39. The summed E-state index contributed by atoms with van der Waals surface area (Å²) in [6, 6.07) is 8.21. The number of carboxylic acid groups (broad SMARTS) is 1. The van der Waals surface area contributed by atoms with E-state index in [9.17, 15) is 18.4 Å². The maximum absolute atomic E-state index is 13.4. The van der Waals surface area contributed by atoms with E-state index in [1.54, 1.807) is 0 Å². The van der Waals surface area contributed by atoms with Crippen LogP contribution >= 0.6 is 0 Å². The van der Waals surface area contributed by atoms with Crippen molar-refractivity contribution in [3.05, 3.63) is 65.2 Å². The Labute approximate surface area is 112 Å². The van der Waals surface area contributed by atoms with Gasteiger partial charge in [-0.05, 0) is 36.4 Å². The molecule has 20 heavy (non-hydrogen) atoms. The number of carbonyl (C=O) groups is 2. The van der Waals surface area contributed by atoms with Crippen LogP contribution in [0, 0.1) is 11.6 Å². The molecule has 6 heteroatoms. The molecule has 0 unspecified atom stereocenters. The topological polar surface area (TPSA) is 66.4 Å². The van der Waals surface area contributed by atoms with E-state index in [1.807, 2.05) is 0 Å². The van der Waals surface area contributed by atoms with E-state index in [-0.39, 0.29) is 11.3 Å². The van der Waals surface area contributed by atoms with Crippen LogP contribution in [0.3, 0.4) is 0 Å². The van der Waals surface area contributed by atoms with Crippen molar-refractivity contribution in [2.45, 2.75) is 0 Å². The molecule has 2 N–H and O–H groups in total. The first kappa shape index (κ1) is 13.7. The number of amides is 1. The number of carboxylic acids is 1. The molecule has 0 fully saturated rings. The molecule has 0 heterocycles. The first-order valence-electron chi connectivity index (χ1n) is 5.58. The Hall–Kier alpha value is -2.76. The van der Waals surface area contributed by atoms with Crippen molar-refractivity contribution in [1.29, 1.82) is 0 Å². The first-order chi connectivity index (χ1) is 9.49. The van der Waals surface area contributed by atoms with Crippen molar-refractivity contribution in [2.24, 2.45) is 0 Å². The predicted molar refractivity (Wildman–Crippen MR) is 67.7 cm³/mol. The van der Waals surface area contributed by atoms with E-state index in [1.165, 1.54) is 24.3 Å². The third-order valence-corrected chi connectivity index (χ3v) is 2.58. The summed E-state index contributed by atoms with van der Waals surface area (Å²) in [5.74, 6) is -3.59. The van der Waals surface area contributed by atoms with Crippen LogP contribution in [-0.4, -0.2) is 17.0 Å². The number of carbonyl (C=O) groups excluding carboxylic acids is 1. The molecule has 0 saturated heterocycles. The lowest BCUT2D eigenvalue weighted by Gasteiger charge is -2.09. The summed E-state index contributed by atoms with van der Waals surface area (Å²) in [6.07, 6.45) is 0. The Balaban J connectivity index is 2.30. The number of halogens is 2. The van der Waals surface area contributed by atoms with Gasteiger partial charge in [0.2, 0.25) is 0 Å². The lowest BCUT2D eigenvalue weighted by atomic mass is 10.1. The molecule has 2 aromatic carbocycles. The van der Waals surface area contributed by atoms with Gasteiger partial charge in [0.15, 0.2) is 0 Å². The number of anilines is 1. The Kier molecular flexibility index (Phi) is 3.74. The van der Waals surface area contributed by atoms with Crippen LogP contribution < -0.4 is 5.32 Å². The summed E-state index contributed by atoms with van der Waals surface area (Å²) in [6.45, 7) is 0. The molecular weight excluding hydrogens is 268 g/mol. The zero-order valence-corrected chi connectivity index (χ0v) is 10.1. The Morgan fingerprint density at radius 2 is 1.65 bits per heavy atom. The lowest BCUT2D eigenvalue weighted by molar-refractivity contribution is 0.0693. The maximum Gasteiger partial charge on any atom is 0.340 e. The number of rotatable bonds is 3. The van der Waals surface area contributed by atoms with Gasteiger partial charge in [0.05, 0.1) is 5.69 Å². The molecule has 2 rings (SSSR count). The van der Waals surface area contributed by atoms with E-state index in [0.29, 0.717) is 0 Å². The van der Waals surface area contributed by atoms with Crippen LogP contribution in [0.5, 0.6) is 0 Å². The summed E-state index contributed by atoms with van der Waals surface area (Å²) in [7, 11) is 0. The molecule has 0 bridgehead atoms. The molecule has 0 aliphatic heterocycles. The Bertz CT molecular complexity index is 669. The smallest absolute Gasteiger partial charge is 0.340 e. The van der Waals surface area contributed by atoms with Crippen molar-refractivity contribution in [3.8, 4) is 0 Å². The fraction of sp³-hybridized carbons (Fsp3) is 0. The molecule has 0 aromatic heterocycles. The van der Waals surface area contributed by atoms with Crippen LogP contribution in [0.1, 0.15) is 20.7 Å². The van der Waals surface area contributed by atoms with Crippen LogP contribution in [-0.2, 0) is 0 Å². The van der Waals surface area contributed by atoms with E-state index < -0.39 is 29.1 Å². The van der Waals surface area contributed by atoms with Gasteiger partial charge in [0.25, 0.3) is 5.91 Å². The molecule has 0 aliphatic rings. The van der Waals surface area contributed by atoms with Crippen LogP contribution in [0.2, 0.25) is 0 Å². The normalized spacial score (nSPS) is 10.1. The minimum atomic E-state index is -1.49. The largest absolute Gasteiger partial charge is 0.478 e. The Morgan fingerprint density at radius 3 is 2.25 bits per heavy atom. The fourth-order valence-corrected chi connectivity index (χ4v) is 1.64. The predicted octanol–water partition coefficient (Wildman–Crippen LogP) is 2.92. The van der Waals surface area contributed by atoms with Crippen LogP contribution in [0.15, 0.2) is 42.5 Å². The standard InChI is InChI=1S/C14H9F2NO3/c15-9-6-4-8(5-7-9)13(18)17-11-3-1-2-10(16)12(11)14(19)20/h1-7H,(H,17,18)(H,19,20). The zero-order chi connectivity index (χ0) is 14.7. The fourth-order valence-electron chi connectivity index (χ4n) is 1.64. The van der Waals surface area contributed by atoms with Gasteiger partial charge in [0.1, 0.15) is 17.2 Å². The van der Waals surface area contributed by atoms with Crippen molar-refractivity contribution >= 4 is 17.6 Å². The van der Waals surface area contributed by atoms with E-state index in [0.717, 1.165) is 18.2 Å². The summed E-state index contributed by atoms with van der Waals surface area (Å²) in [5, 5.41) is 11.2. The average molecular weight is 277 g/mol. The van der Waals surface area contributed by atoms with Crippen LogP contribution in [0.25, 0.3) is 0 Å². The lowest BCUT2D eigenvalue weighted by Crippen LogP contribution is -2.15. The molecule has 102 valence electrons. The highest BCUT2D eigenvalue weighted by atomic mass is 19.1. The minimum absolute atomic E-state index is 0.131. The third kappa shape index (κ3) is 2.80. The molecule has 0 atom stereocenters. The van der Waals surface area contributed by atoms with Gasteiger partial charge in [-0.25, -0.2) is 13.6 Å². The SMILES string of the molecule is O=C(Nc1cccc(F)c1C(=O)O)c1ccc(F)cc1. The third-order valence-electron chi connectivity index (χ3n) is 2.58. The van der Waals surface area contributed by atoms with Gasteiger partial charge in [0, 0.05) is 5.56 Å². The monoisotopic (exact) mass is 277 g/mol. The minimum Gasteiger partial charge on any atom is -0.478 e. The Morgan fingerprint density at radius 1 is 1.00 bits per heavy atom. The molecule has 0 aliphatic carbocycles. The second-order valence-electron chi connectivity index (χ2n) is 3.93. The van der Waals surface area contributed by atoms with E-state index in [4.69, 9.17) is 5.11 Å². The van der Waals surface area contributed by atoms with Gasteiger partial charge in [-0.2, -0.15) is 0 Å². The summed E-state index contributed by atoms with van der Waals surface area (Å²) in [4.78, 5) is 22.8. The van der Waals surface area contributed by atoms with E-state index in [2.05, 4.69) is 5.32 Å². The molecular formula is C14H9F2NO3. The summed E-state index contributed by atoms with van der Waals surface area (Å²) < 4.78 is 26.2. The quantitative estimate of drug-likeness (QED) is 0.906. The van der Waals surface area contributed by atoms with Gasteiger partial charge < -0.3 is 10.4 Å². The second kappa shape index (κ2) is 5.48. The molecule has 0 radical (unpaired) electrons. The number of nitrogens with one attached hydrogen (secondary N) is 1.